The SMILES string of the molecule is O=C1CCOc2c(cccc2-c2cc3ccccc3[nH]2)N1. The minimum Gasteiger partial charge on any atom is -0.490 e. The van der Waals surface area contributed by atoms with E-state index in [0.29, 0.717) is 13.0 Å². The predicted octanol–water partition coefficient (Wildman–Crippen LogP) is 3.56. The highest BCUT2D eigenvalue weighted by atomic mass is 16.5. The van der Waals surface area contributed by atoms with Gasteiger partial charge in [0.25, 0.3) is 0 Å². The number of H-pyrrole nitrogens is 1. The molecule has 0 aliphatic carbocycles. The minimum atomic E-state index is -0.0115. The van der Waals surface area contributed by atoms with Crippen LogP contribution in [0.3, 0.4) is 0 Å². The number of amides is 1. The summed E-state index contributed by atoms with van der Waals surface area (Å²) >= 11 is 0. The van der Waals surface area contributed by atoms with Crippen molar-refractivity contribution in [1.82, 2.24) is 4.98 Å². The molecule has 0 atom stereocenters. The van der Waals surface area contributed by atoms with Crippen LogP contribution in [0.5, 0.6) is 5.75 Å². The van der Waals surface area contributed by atoms with E-state index >= 15 is 0 Å². The van der Waals surface area contributed by atoms with E-state index in [9.17, 15) is 4.79 Å². The predicted molar refractivity (Wildman–Crippen MR) is 82.5 cm³/mol. The second kappa shape index (κ2) is 4.66. The van der Waals surface area contributed by atoms with Gasteiger partial charge in [-0.15, -0.1) is 0 Å². The van der Waals surface area contributed by atoms with E-state index in [1.165, 1.54) is 0 Å². The molecule has 1 aliphatic rings. The zero-order chi connectivity index (χ0) is 14.2. The maximum Gasteiger partial charge on any atom is 0.227 e. The van der Waals surface area contributed by atoms with Crippen molar-refractivity contribution in [3.8, 4) is 17.0 Å². The van der Waals surface area contributed by atoms with Crippen molar-refractivity contribution >= 4 is 22.5 Å². The first-order chi connectivity index (χ1) is 10.3. The Hall–Kier alpha value is -2.75. The molecule has 104 valence electrons. The van der Waals surface area contributed by atoms with Crippen LogP contribution in [-0.4, -0.2) is 17.5 Å². The van der Waals surface area contributed by atoms with Gasteiger partial charge in [0, 0.05) is 16.5 Å². The number of benzene rings is 2. The van der Waals surface area contributed by atoms with Crippen LogP contribution in [0, 0.1) is 0 Å². The third-order valence-corrected chi connectivity index (χ3v) is 3.68. The largest absolute Gasteiger partial charge is 0.490 e. The summed E-state index contributed by atoms with van der Waals surface area (Å²) in [6.45, 7) is 0.399. The van der Waals surface area contributed by atoms with Gasteiger partial charge in [-0.25, -0.2) is 0 Å². The van der Waals surface area contributed by atoms with Crippen LogP contribution in [0.1, 0.15) is 6.42 Å². The van der Waals surface area contributed by atoms with Crippen molar-refractivity contribution in [3.05, 3.63) is 48.5 Å². The molecule has 4 nitrogen and oxygen atoms in total. The van der Waals surface area contributed by atoms with Gasteiger partial charge in [0.05, 0.1) is 24.4 Å². The van der Waals surface area contributed by atoms with Gasteiger partial charge >= 0.3 is 0 Å². The van der Waals surface area contributed by atoms with Crippen LogP contribution in [-0.2, 0) is 4.79 Å². The standard InChI is InChI=1S/C17H14N2O2/c20-16-8-9-21-17-12(5-3-7-14(17)19-16)15-10-11-4-1-2-6-13(11)18-15/h1-7,10,18H,8-9H2,(H,19,20). The summed E-state index contributed by atoms with van der Waals surface area (Å²) in [7, 11) is 0. The van der Waals surface area contributed by atoms with Gasteiger partial charge in [-0.1, -0.05) is 24.3 Å². The average molecular weight is 278 g/mol. The normalized spacial score (nSPS) is 14.2. The first-order valence-electron chi connectivity index (χ1n) is 6.95. The van der Waals surface area contributed by atoms with Crippen LogP contribution in [0.4, 0.5) is 5.69 Å². The molecule has 0 radical (unpaired) electrons. The Morgan fingerprint density at radius 3 is 2.86 bits per heavy atom. The van der Waals surface area contributed by atoms with E-state index < -0.39 is 0 Å². The van der Waals surface area contributed by atoms with Crippen molar-refractivity contribution in [3.63, 3.8) is 0 Å². The van der Waals surface area contributed by atoms with Crippen molar-refractivity contribution in [2.24, 2.45) is 0 Å². The van der Waals surface area contributed by atoms with E-state index in [1.807, 2.05) is 36.4 Å². The van der Waals surface area contributed by atoms with Crippen LogP contribution < -0.4 is 10.1 Å². The number of para-hydroxylation sites is 2. The first-order valence-corrected chi connectivity index (χ1v) is 6.95. The Labute approximate surface area is 121 Å². The topological polar surface area (TPSA) is 54.1 Å². The summed E-state index contributed by atoms with van der Waals surface area (Å²) < 4.78 is 5.80. The summed E-state index contributed by atoms with van der Waals surface area (Å²) in [5.74, 6) is 0.720. The van der Waals surface area contributed by atoms with Gasteiger partial charge in [-0.05, 0) is 24.3 Å². The number of ether oxygens (including phenoxy) is 1. The van der Waals surface area contributed by atoms with E-state index in [2.05, 4.69) is 22.4 Å². The highest BCUT2D eigenvalue weighted by molar-refractivity contribution is 5.96. The molecular weight excluding hydrogens is 264 g/mol. The maximum atomic E-state index is 11.6. The highest BCUT2D eigenvalue weighted by Gasteiger charge is 2.18. The summed E-state index contributed by atoms with van der Waals surface area (Å²) in [4.78, 5) is 15.0. The smallest absolute Gasteiger partial charge is 0.227 e. The third-order valence-electron chi connectivity index (χ3n) is 3.68. The molecule has 1 amide bonds. The van der Waals surface area contributed by atoms with Crippen LogP contribution >= 0.6 is 0 Å². The Bertz CT molecular complexity index is 803. The molecule has 0 saturated heterocycles. The fourth-order valence-corrected chi connectivity index (χ4v) is 2.68. The molecule has 2 N–H and O–H groups in total. The lowest BCUT2D eigenvalue weighted by Gasteiger charge is -2.11. The highest BCUT2D eigenvalue weighted by Crippen LogP contribution is 2.38. The minimum absolute atomic E-state index is 0.0115. The van der Waals surface area contributed by atoms with E-state index in [0.717, 1.165) is 33.6 Å². The number of aromatic nitrogens is 1. The molecular formula is C17H14N2O2. The second-order valence-electron chi connectivity index (χ2n) is 5.10. The lowest BCUT2D eigenvalue weighted by molar-refractivity contribution is -0.116. The molecule has 0 unspecified atom stereocenters. The lowest BCUT2D eigenvalue weighted by Crippen LogP contribution is -2.10. The number of anilines is 1. The fourth-order valence-electron chi connectivity index (χ4n) is 2.68. The van der Waals surface area contributed by atoms with Gasteiger partial charge in [-0.2, -0.15) is 0 Å². The number of hydrogen-bond donors (Lipinski definition) is 2. The second-order valence-corrected chi connectivity index (χ2v) is 5.10. The van der Waals surface area contributed by atoms with Crippen molar-refractivity contribution in [1.29, 1.82) is 0 Å². The fraction of sp³-hybridized carbons (Fsp3) is 0.118. The van der Waals surface area contributed by atoms with Crippen LogP contribution in [0.2, 0.25) is 0 Å². The van der Waals surface area contributed by atoms with Crippen molar-refractivity contribution in [2.45, 2.75) is 6.42 Å². The Kier molecular flexibility index (Phi) is 2.67. The Balaban J connectivity index is 1.88. The summed E-state index contributed by atoms with van der Waals surface area (Å²) in [6.07, 6.45) is 0.376. The summed E-state index contributed by atoms with van der Waals surface area (Å²) in [5.41, 5.74) is 3.77. The zero-order valence-corrected chi connectivity index (χ0v) is 11.3. The van der Waals surface area contributed by atoms with Gasteiger partial charge in [0.15, 0.2) is 5.75 Å². The maximum absolute atomic E-state index is 11.6. The Morgan fingerprint density at radius 1 is 1.05 bits per heavy atom. The number of carbonyl (C=O) groups is 1. The molecule has 2 aromatic carbocycles. The summed E-state index contributed by atoms with van der Waals surface area (Å²) in [6, 6.07) is 16.0. The zero-order valence-electron chi connectivity index (χ0n) is 11.3. The number of fused-ring (bicyclic) bond motifs is 2. The van der Waals surface area contributed by atoms with Crippen molar-refractivity contribution in [2.75, 3.05) is 11.9 Å². The number of carbonyl (C=O) groups excluding carboxylic acids is 1. The third kappa shape index (κ3) is 2.05. The Morgan fingerprint density at radius 2 is 1.95 bits per heavy atom. The number of hydrogen-bond acceptors (Lipinski definition) is 2. The molecule has 2 heterocycles. The number of nitrogens with one attached hydrogen (secondary N) is 2. The molecule has 4 rings (SSSR count). The number of rotatable bonds is 1. The van der Waals surface area contributed by atoms with Crippen LogP contribution in [0.25, 0.3) is 22.2 Å². The van der Waals surface area contributed by atoms with Crippen molar-refractivity contribution < 1.29 is 9.53 Å². The molecule has 1 aromatic heterocycles. The first kappa shape index (κ1) is 12.0. The molecule has 0 spiro atoms. The molecule has 1 aliphatic heterocycles. The quantitative estimate of drug-likeness (QED) is 0.715. The monoisotopic (exact) mass is 278 g/mol. The molecule has 4 heteroatoms. The molecule has 21 heavy (non-hydrogen) atoms. The molecule has 0 bridgehead atoms. The van der Waals surface area contributed by atoms with Gasteiger partial charge in [-0.3, -0.25) is 4.79 Å². The molecule has 3 aromatic rings. The van der Waals surface area contributed by atoms with E-state index in [-0.39, 0.29) is 5.91 Å². The summed E-state index contributed by atoms with van der Waals surface area (Å²) in [5, 5.41) is 4.04. The molecule has 0 fully saturated rings. The van der Waals surface area contributed by atoms with Gasteiger partial charge in [0.2, 0.25) is 5.91 Å². The lowest BCUT2D eigenvalue weighted by atomic mass is 10.1. The van der Waals surface area contributed by atoms with Gasteiger partial charge < -0.3 is 15.0 Å². The number of aromatic amines is 1. The molecule has 0 saturated carbocycles. The van der Waals surface area contributed by atoms with Crippen LogP contribution in [0.15, 0.2) is 48.5 Å². The van der Waals surface area contributed by atoms with E-state index in [4.69, 9.17) is 4.74 Å². The average Bonchev–Trinajstić information content (AvgIpc) is 2.82. The van der Waals surface area contributed by atoms with Gasteiger partial charge in [0.1, 0.15) is 0 Å². The van der Waals surface area contributed by atoms with E-state index in [1.54, 1.807) is 0 Å².